The number of rotatable bonds is 15. The highest BCUT2D eigenvalue weighted by Gasteiger charge is 2.30. The lowest BCUT2D eigenvalue weighted by molar-refractivity contribution is -0.141. The van der Waals surface area contributed by atoms with Crippen molar-refractivity contribution in [2.75, 3.05) is 23.7 Å². The zero-order chi connectivity index (χ0) is 29.8. The van der Waals surface area contributed by atoms with Crippen LogP contribution in [-0.4, -0.2) is 50.5 Å². The molecule has 0 fully saturated rings. The number of benzene rings is 3. The summed E-state index contributed by atoms with van der Waals surface area (Å²) in [6.07, 6.45) is 3.19. The molecule has 2 amide bonds. The number of nitrogens with zero attached hydrogens (tertiary/aromatic N) is 2. The number of hydrogen-bond acceptors (Lipinski definition) is 4. The standard InChI is InChI=1S/C31H37BrFN3O4S/c1-3-4-19-34-31(38)29(22-24-12-6-5-7-13-24)35(23-25-14-10-15-26(32)21-25)30(37)18-11-20-36(41(2,39)40)28-17-9-8-16-27(28)33/h5-10,12-17,21,29H,3-4,11,18-20,22-23H2,1-2H3,(H,34,38). The molecule has 41 heavy (non-hydrogen) atoms. The molecule has 7 nitrogen and oxygen atoms in total. The second-order valence-corrected chi connectivity index (χ2v) is 12.7. The molecule has 1 N–H and O–H groups in total. The molecule has 1 atom stereocenters. The number of carbonyl (C=O) groups is 2. The summed E-state index contributed by atoms with van der Waals surface area (Å²) in [6.45, 7) is 2.66. The van der Waals surface area contributed by atoms with Crippen LogP contribution in [-0.2, 0) is 32.6 Å². The average Bonchev–Trinajstić information content (AvgIpc) is 2.93. The number of hydrogen-bond donors (Lipinski definition) is 1. The van der Waals surface area contributed by atoms with Crippen molar-refractivity contribution >= 4 is 43.5 Å². The highest BCUT2D eigenvalue weighted by atomic mass is 79.9. The minimum Gasteiger partial charge on any atom is -0.354 e. The Labute approximate surface area is 250 Å². The molecule has 10 heteroatoms. The van der Waals surface area contributed by atoms with Crippen molar-refractivity contribution in [1.82, 2.24) is 10.2 Å². The van der Waals surface area contributed by atoms with E-state index in [1.807, 2.05) is 61.5 Å². The monoisotopic (exact) mass is 645 g/mol. The first-order valence-electron chi connectivity index (χ1n) is 13.7. The van der Waals surface area contributed by atoms with Crippen LogP contribution < -0.4 is 9.62 Å². The molecule has 3 aromatic carbocycles. The third-order valence-electron chi connectivity index (χ3n) is 6.62. The minimum atomic E-state index is -3.80. The maximum atomic E-state index is 14.5. The summed E-state index contributed by atoms with van der Waals surface area (Å²) < 4.78 is 41.3. The van der Waals surface area contributed by atoms with Gasteiger partial charge in [0.2, 0.25) is 21.8 Å². The molecule has 0 aromatic heterocycles. The molecular formula is C31H37BrFN3O4S. The zero-order valence-corrected chi connectivity index (χ0v) is 25.8. The number of nitrogens with one attached hydrogen (secondary N) is 1. The normalized spacial score (nSPS) is 12.0. The fraction of sp³-hybridized carbons (Fsp3) is 0.355. The summed E-state index contributed by atoms with van der Waals surface area (Å²) in [5.74, 6) is -1.19. The Morgan fingerprint density at radius 3 is 2.29 bits per heavy atom. The van der Waals surface area contributed by atoms with Gasteiger partial charge in [0.05, 0.1) is 11.9 Å². The molecule has 3 rings (SSSR count). The Morgan fingerprint density at radius 1 is 0.951 bits per heavy atom. The molecule has 0 aliphatic carbocycles. The molecule has 0 heterocycles. The highest BCUT2D eigenvalue weighted by molar-refractivity contribution is 9.10. The van der Waals surface area contributed by atoms with Gasteiger partial charge < -0.3 is 10.2 Å². The topological polar surface area (TPSA) is 86.8 Å². The molecule has 1 unspecified atom stereocenters. The van der Waals surface area contributed by atoms with E-state index in [-0.39, 0.29) is 43.4 Å². The number of unbranched alkanes of at least 4 members (excludes halogenated alkanes) is 1. The summed E-state index contributed by atoms with van der Waals surface area (Å²) in [5, 5.41) is 2.99. The Bertz CT molecular complexity index is 1410. The van der Waals surface area contributed by atoms with Crippen LogP contribution in [0.2, 0.25) is 0 Å². The van der Waals surface area contributed by atoms with E-state index in [9.17, 15) is 22.4 Å². The summed E-state index contributed by atoms with van der Waals surface area (Å²) in [7, 11) is -3.80. The van der Waals surface area contributed by atoms with Gasteiger partial charge in [-0.1, -0.05) is 83.9 Å². The van der Waals surface area contributed by atoms with Crippen LogP contribution in [0.3, 0.4) is 0 Å². The predicted molar refractivity (Wildman–Crippen MR) is 164 cm³/mol. The first-order valence-corrected chi connectivity index (χ1v) is 16.3. The molecule has 0 saturated heterocycles. The number of para-hydroxylation sites is 1. The van der Waals surface area contributed by atoms with Crippen molar-refractivity contribution in [2.24, 2.45) is 0 Å². The third-order valence-corrected chi connectivity index (χ3v) is 8.29. The molecule has 0 saturated carbocycles. The van der Waals surface area contributed by atoms with E-state index in [1.54, 1.807) is 11.0 Å². The molecular weight excluding hydrogens is 609 g/mol. The van der Waals surface area contributed by atoms with Gasteiger partial charge in [-0.2, -0.15) is 0 Å². The van der Waals surface area contributed by atoms with Crippen molar-refractivity contribution in [1.29, 1.82) is 0 Å². The molecule has 0 aliphatic rings. The van der Waals surface area contributed by atoms with E-state index in [0.717, 1.165) is 39.0 Å². The first kappa shape index (κ1) is 32.3. The molecule has 0 spiro atoms. The SMILES string of the molecule is CCCCNC(=O)C(Cc1ccccc1)N(Cc1cccc(Br)c1)C(=O)CCCN(c1ccccc1F)S(C)(=O)=O. The molecule has 3 aromatic rings. The van der Waals surface area contributed by atoms with Crippen LogP contribution in [0.4, 0.5) is 10.1 Å². The van der Waals surface area contributed by atoms with Crippen molar-refractivity contribution < 1.29 is 22.4 Å². The van der Waals surface area contributed by atoms with E-state index >= 15 is 0 Å². The fourth-order valence-electron chi connectivity index (χ4n) is 4.53. The van der Waals surface area contributed by atoms with Crippen LogP contribution in [0, 0.1) is 5.82 Å². The van der Waals surface area contributed by atoms with Crippen molar-refractivity contribution in [3.63, 3.8) is 0 Å². The quantitative estimate of drug-likeness (QED) is 0.215. The van der Waals surface area contributed by atoms with E-state index in [4.69, 9.17) is 0 Å². The van der Waals surface area contributed by atoms with Gasteiger partial charge in [0.15, 0.2) is 0 Å². The van der Waals surface area contributed by atoms with Crippen LogP contribution >= 0.6 is 15.9 Å². The molecule has 0 radical (unpaired) electrons. The highest BCUT2D eigenvalue weighted by Crippen LogP contribution is 2.23. The van der Waals surface area contributed by atoms with Crippen molar-refractivity contribution in [3.05, 3.63) is 100 Å². The number of amides is 2. The maximum Gasteiger partial charge on any atom is 0.243 e. The van der Waals surface area contributed by atoms with Gasteiger partial charge in [-0.3, -0.25) is 13.9 Å². The summed E-state index contributed by atoms with van der Waals surface area (Å²) in [4.78, 5) is 28.9. The number of anilines is 1. The van der Waals surface area contributed by atoms with Crippen molar-refractivity contribution in [3.8, 4) is 0 Å². The second kappa shape index (κ2) is 15.7. The van der Waals surface area contributed by atoms with E-state index in [1.165, 1.54) is 18.2 Å². The van der Waals surface area contributed by atoms with Gasteiger partial charge in [0.1, 0.15) is 11.9 Å². The van der Waals surface area contributed by atoms with E-state index in [0.29, 0.717) is 13.0 Å². The van der Waals surface area contributed by atoms with Gasteiger partial charge in [-0.15, -0.1) is 0 Å². The van der Waals surface area contributed by atoms with Gasteiger partial charge >= 0.3 is 0 Å². The van der Waals surface area contributed by atoms with Gasteiger partial charge in [0, 0.05) is 36.9 Å². The Kier molecular flexibility index (Phi) is 12.3. The fourth-order valence-corrected chi connectivity index (χ4v) is 5.94. The third kappa shape index (κ3) is 9.97. The lowest BCUT2D eigenvalue weighted by atomic mass is 10.0. The molecule has 220 valence electrons. The molecule has 0 bridgehead atoms. The Balaban J connectivity index is 1.88. The zero-order valence-electron chi connectivity index (χ0n) is 23.4. The number of sulfonamides is 1. The van der Waals surface area contributed by atoms with Gasteiger partial charge in [0.25, 0.3) is 0 Å². The second-order valence-electron chi connectivity index (χ2n) is 9.89. The largest absolute Gasteiger partial charge is 0.354 e. The van der Waals surface area contributed by atoms with Crippen LogP contribution in [0.25, 0.3) is 0 Å². The summed E-state index contributed by atoms with van der Waals surface area (Å²) >= 11 is 3.48. The van der Waals surface area contributed by atoms with Crippen molar-refractivity contribution in [2.45, 2.75) is 51.6 Å². The van der Waals surface area contributed by atoms with E-state index in [2.05, 4.69) is 21.2 Å². The van der Waals surface area contributed by atoms with Crippen LogP contribution in [0.15, 0.2) is 83.3 Å². The summed E-state index contributed by atoms with van der Waals surface area (Å²) in [6, 6.07) is 21.9. The summed E-state index contributed by atoms with van der Waals surface area (Å²) in [5.41, 5.74) is 1.69. The minimum absolute atomic E-state index is 0.0258. The maximum absolute atomic E-state index is 14.5. The number of carbonyl (C=O) groups excluding carboxylic acids is 2. The smallest absolute Gasteiger partial charge is 0.243 e. The van der Waals surface area contributed by atoms with Gasteiger partial charge in [-0.05, 0) is 48.2 Å². The molecule has 0 aliphatic heterocycles. The van der Waals surface area contributed by atoms with Crippen LogP contribution in [0.5, 0.6) is 0 Å². The first-order chi connectivity index (χ1) is 19.6. The lowest BCUT2D eigenvalue weighted by Crippen LogP contribution is -2.50. The Morgan fingerprint density at radius 2 is 1.63 bits per heavy atom. The van der Waals surface area contributed by atoms with Crippen LogP contribution in [0.1, 0.15) is 43.7 Å². The van der Waals surface area contributed by atoms with Gasteiger partial charge in [-0.25, -0.2) is 12.8 Å². The van der Waals surface area contributed by atoms with E-state index < -0.39 is 21.9 Å². The lowest BCUT2D eigenvalue weighted by Gasteiger charge is -2.32. The Hall–Kier alpha value is -3.24. The predicted octanol–water partition coefficient (Wildman–Crippen LogP) is 5.69. The number of halogens is 2. The average molecular weight is 647 g/mol.